The molecule has 0 atom stereocenters. The third-order valence-electron chi connectivity index (χ3n) is 7.26. The number of para-hydroxylation sites is 1. The van der Waals surface area contributed by atoms with Crippen molar-refractivity contribution in [2.45, 2.75) is 0 Å². The molecular formula is C34H21NOS. The Labute approximate surface area is 217 Å². The fourth-order valence-corrected chi connectivity index (χ4v) is 6.79. The van der Waals surface area contributed by atoms with Gasteiger partial charge in [-0.2, -0.15) is 0 Å². The summed E-state index contributed by atoms with van der Waals surface area (Å²) in [5.41, 5.74) is 6.44. The highest BCUT2D eigenvalue weighted by Gasteiger charge is 2.16. The Hall–Kier alpha value is -4.60. The van der Waals surface area contributed by atoms with Crippen molar-refractivity contribution in [3.05, 3.63) is 121 Å². The smallest absolute Gasteiger partial charge is 0.135 e. The fourth-order valence-electron chi connectivity index (χ4n) is 5.57. The predicted molar refractivity (Wildman–Crippen MR) is 159 cm³/mol. The molecule has 174 valence electrons. The lowest BCUT2D eigenvalue weighted by Gasteiger charge is -2.16. The van der Waals surface area contributed by atoms with E-state index >= 15 is 0 Å². The highest BCUT2D eigenvalue weighted by molar-refractivity contribution is 7.26. The maximum absolute atomic E-state index is 6.06. The first-order valence-electron chi connectivity index (χ1n) is 12.4. The minimum atomic E-state index is 0.903. The van der Waals surface area contributed by atoms with Crippen molar-refractivity contribution in [1.29, 1.82) is 0 Å². The summed E-state index contributed by atoms with van der Waals surface area (Å²) < 4.78 is 8.69. The first kappa shape index (κ1) is 20.6. The van der Waals surface area contributed by atoms with E-state index in [-0.39, 0.29) is 0 Å². The van der Waals surface area contributed by atoms with Crippen LogP contribution < -0.4 is 5.32 Å². The molecule has 3 heteroatoms. The maximum Gasteiger partial charge on any atom is 0.135 e. The molecule has 6 aromatic carbocycles. The third kappa shape index (κ3) is 3.18. The second kappa shape index (κ2) is 7.95. The van der Waals surface area contributed by atoms with Gasteiger partial charge >= 0.3 is 0 Å². The molecule has 0 aliphatic heterocycles. The van der Waals surface area contributed by atoms with Gasteiger partial charge in [0.25, 0.3) is 0 Å². The van der Waals surface area contributed by atoms with Gasteiger partial charge in [-0.05, 0) is 47.2 Å². The number of fused-ring (bicyclic) bond motifs is 7. The summed E-state index contributed by atoms with van der Waals surface area (Å²) in [6, 6.07) is 43.0. The molecule has 0 bridgehead atoms. The second-order valence-electron chi connectivity index (χ2n) is 9.42. The quantitative estimate of drug-likeness (QED) is 0.266. The molecule has 37 heavy (non-hydrogen) atoms. The average molecular weight is 492 g/mol. The summed E-state index contributed by atoms with van der Waals surface area (Å²) >= 11 is 1.87. The topological polar surface area (TPSA) is 25.2 Å². The Kier molecular flexibility index (Phi) is 4.42. The molecule has 0 amide bonds. The molecule has 0 spiro atoms. The lowest BCUT2D eigenvalue weighted by molar-refractivity contribution is 0.669. The van der Waals surface area contributed by atoms with Crippen LogP contribution in [-0.2, 0) is 0 Å². The van der Waals surface area contributed by atoms with Crippen molar-refractivity contribution in [2.24, 2.45) is 0 Å². The summed E-state index contributed by atoms with van der Waals surface area (Å²) in [5, 5.41) is 11.1. The largest absolute Gasteiger partial charge is 0.456 e. The van der Waals surface area contributed by atoms with Gasteiger partial charge in [-0.3, -0.25) is 0 Å². The van der Waals surface area contributed by atoms with Crippen LogP contribution in [0.3, 0.4) is 0 Å². The van der Waals surface area contributed by atoms with Gasteiger partial charge < -0.3 is 9.73 Å². The lowest BCUT2D eigenvalue weighted by Crippen LogP contribution is -1.95. The highest BCUT2D eigenvalue weighted by Crippen LogP contribution is 2.45. The lowest BCUT2D eigenvalue weighted by atomic mass is 9.95. The molecule has 8 aromatic rings. The van der Waals surface area contributed by atoms with Crippen LogP contribution in [0.2, 0.25) is 0 Å². The van der Waals surface area contributed by atoms with Crippen LogP contribution in [-0.4, -0.2) is 0 Å². The first-order chi connectivity index (χ1) is 18.3. The van der Waals surface area contributed by atoms with Crippen molar-refractivity contribution < 1.29 is 4.42 Å². The fraction of sp³-hybridized carbons (Fsp3) is 0. The maximum atomic E-state index is 6.06. The van der Waals surface area contributed by atoms with Gasteiger partial charge in [0.2, 0.25) is 0 Å². The minimum absolute atomic E-state index is 0.903. The molecule has 0 saturated heterocycles. The van der Waals surface area contributed by atoms with Gasteiger partial charge in [0.1, 0.15) is 11.2 Å². The van der Waals surface area contributed by atoms with E-state index in [0.29, 0.717) is 0 Å². The van der Waals surface area contributed by atoms with Gasteiger partial charge in [0.15, 0.2) is 0 Å². The summed E-state index contributed by atoms with van der Waals surface area (Å²) in [7, 11) is 0. The zero-order valence-electron chi connectivity index (χ0n) is 19.9. The normalized spacial score (nSPS) is 11.8. The zero-order valence-corrected chi connectivity index (χ0v) is 20.7. The van der Waals surface area contributed by atoms with Crippen molar-refractivity contribution in [3.63, 3.8) is 0 Å². The van der Waals surface area contributed by atoms with E-state index in [0.717, 1.165) is 33.3 Å². The van der Waals surface area contributed by atoms with E-state index in [4.69, 9.17) is 4.42 Å². The van der Waals surface area contributed by atoms with Crippen molar-refractivity contribution >= 4 is 75.6 Å². The molecule has 2 nitrogen and oxygen atoms in total. The molecule has 0 aliphatic rings. The number of hydrogen-bond donors (Lipinski definition) is 1. The standard InChI is InChI=1S/C34H21NOS/c1-2-9-23-21(8-1)16-18-29(35-22-17-19-31-28(20-22)24-10-3-5-14-30(24)36-31)33(23)27-13-7-12-26-25-11-4-6-15-32(25)37-34(26)27/h1-20,35H. The average Bonchev–Trinajstić information content (AvgIpc) is 3.51. The number of benzene rings is 6. The van der Waals surface area contributed by atoms with Crippen LogP contribution >= 0.6 is 11.3 Å². The van der Waals surface area contributed by atoms with E-state index in [9.17, 15) is 0 Å². The first-order valence-corrected chi connectivity index (χ1v) is 13.3. The molecule has 0 unspecified atom stereocenters. The third-order valence-corrected chi connectivity index (χ3v) is 8.48. The number of furan rings is 1. The van der Waals surface area contributed by atoms with Crippen molar-refractivity contribution in [2.75, 3.05) is 5.32 Å². The van der Waals surface area contributed by atoms with Crippen LogP contribution in [0.1, 0.15) is 0 Å². The molecule has 2 aromatic heterocycles. The Morgan fingerprint density at radius 1 is 0.541 bits per heavy atom. The minimum Gasteiger partial charge on any atom is -0.456 e. The Morgan fingerprint density at radius 3 is 2.24 bits per heavy atom. The molecule has 8 rings (SSSR count). The summed E-state index contributed by atoms with van der Waals surface area (Å²) in [6.45, 7) is 0. The molecular weight excluding hydrogens is 470 g/mol. The molecule has 1 N–H and O–H groups in total. The number of rotatable bonds is 3. The van der Waals surface area contributed by atoms with Crippen LogP contribution in [0, 0.1) is 0 Å². The SMILES string of the molecule is c1ccc2c(-c3cccc4c3sc3ccccc34)c(Nc3ccc4oc5ccccc5c4c3)ccc2c1. The Bertz CT molecular complexity index is 2130. The molecule has 0 radical (unpaired) electrons. The monoisotopic (exact) mass is 491 g/mol. The van der Waals surface area contributed by atoms with Gasteiger partial charge in [-0.1, -0.05) is 84.9 Å². The summed E-state index contributed by atoms with van der Waals surface area (Å²) in [5.74, 6) is 0. The van der Waals surface area contributed by atoms with Gasteiger partial charge in [-0.15, -0.1) is 11.3 Å². The number of nitrogens with one attached hydrogen (secondary N) is 1. The molecule has 0 saturated carbocycles. The van der Waals surface area contributed by atoms with Gasteiger partial charge in [-0.25, -0.2) is 0 Å². The van der Waals surface area contributed by atoms with Crippen LogP contribution in [0.15, 0.2) is 126 Å². The van der Waals surface area contributed by atoms with E-state index in [1.54, 1.807) is 0 Å². The summed E-state index contributed by atoms with van der Waals surface area (Å²) in [4.78, 5) is 0. The van der Waals surface area contributed by atoms with Crippen molar-refractivity contribution in [3.8, 4) is 11.1 Å². The molecule has 0 aliphatic carbocycles. The Balaban J connectivity index is 1.37. The van der Waals surface area contributed by atoms with Crippen LogP contribution in [0.5, 0.6) is 0 Å². The van der Waals surface area contributed by atoms with E-state index in [2.05, 4.69) is 115 Å². The van der Waals surface area contributed by atoms with E-state index in [1.165, 1.54) is 42.1 Å². The van der Waals surface area contributed by atoms with E-state index < -0.39 is 0 Å². The number of hydrogen-bond acceptors (Lipinski definition) is 3. The van der Waals surface area contributed by atoms with Gasteiger partial charge in [0, 0.05) is 53.4 Å². The zero-order chi connectivity index (χ0) is 24.3. The summed E-state index contributed by atoms with van der Waals surface area (Å²) in [6.07, 6.45) is 0. The van der Waals surface area contributed by atoms with Crippen molar-refractivity contribution in [1.82, 2.24) is 0 Å². The molecule has 0 fully saturated rings. The van der Waals surface area contributed by atoms with E-state index in [1.807, 2.05) is 23.5 Å². The predicted octanol–water partition coefficient (Wildman–Crippen LogP) is 10.5. The number of thiophene rings is 1. The highest BCUT2D eigenvalue weighted by atomic mass is 32.1. The van der Waals surface area contributed by atoms with Gasteiger partial charge in [0.05, 0.1) is 0 Å². The Morgan fingerprint density at radius 2 is 1.30 bits per heavy atom. The number of anilines is 2. The van der Waals surface area contributed by atoms with Crippen LogP contribution in [0.25, 0.3) is 64.0 Å². The molecule has 2 heterocycles. The van der Waals surface area contributed by atoms with Crippen LogP contribution in [0.4, 0.5) is 11.4 Å². The second-order valence-corrected chi connectivity index (χ2v) is 10.5.